The summed E-state index contributed by atoms with van der Waals surface area (Å²) in [5.74, 6) is 0.124. The maximum Gasteiger partial charge on any atom is 0.237 e. The van der Waals surface area contributed by atoms with Crippen LogP contribution in [0.4, 0.5) is 0 Å². The number of likely N-dealkylation sites (tertiary alicyclic amines) is 1. The molecule has 1 amide bonds. The van der Waals surface area contributed by atoms with Crippen LogP contribution in [0.5, 0.6) is 0 Å². The molecular formula is C14H29N3O. The topological polar surface area (TPSA) is 58.4 Å². The molecule has 1 aliphatic heterocycles. The summed E-state index contributed by atoms with van der Waals surface area (Å²) in [5.41, 5.74) is 5.91. The second-order valence-corrected chi connectivity index (χ2v) is 6.97. The van der Waals surface area contributed by atoms with Crippen LogP contribution in [-0.4, -0.2) is 42.0 Å². The van der Waals surface area contributed by atoms with E-state index >= 15 is 0 Å². The molecule has 3 N–H and O–H groups in total. The number of piperidine rings is 1. The molecule has 0 radical (unpaired) electrons. The minimum atomic E-state index is -0.160. The SMILES string of the molecule is CC(C(=O)NC(C)(C)C)N1CCC(C)(CN)CC1. The molecule has 1 unspecified atom stereocenters. The minimum Gasteiger partial charge on any atom is -0.350 e. The molecule has 0 aromatic heterocycles. The van der Waals surface area contributed by atoms with Gasteiger partial charge >= 0.3 is 0 Å². The highest BCUT2D eigenvalue weighted by Crippen LogP contribution is 2.30. The molecule has 1 atom stereocenters. The maximum absolute atomic E-state index is 12.1. The van der Waals surface area contributed by atoms with E-state index in [1.807, 2.05) is 27.7 Å². The Morgan fingerprint density at radius 2 is 1.89 bits per heavy atom. The van der Waals surface area contributed by atoms with Crippen LogP contribution in [0.25, 0.3) is 0 Å². The summed E-state index contributed by atoms with van der Waals surface area (Å²) in [6, 6.07) is -0.0495. The van der Waals surface area contributed by atoms with Gasteiger partial charge < -0.3 is 11.1 Å². The maximum atomic E-state index is 12.1. The zero-order chi connectivity index (χ0) is 14.0. The van der Waals surface area contributed by atoms with Crippen molar-refractivity contribution in [1.29, 1.82) is 0 Å². The van der Waals surface area contributed by atoms with Gasteiger partial charge in [-0.25, -0.2) is 0 Å². The number of carbonyl (C=O) groups excluding carboxylic acids is 1. The van der Waals surface area contributed by atoms with Crippen LogP contribution in [0.3, 0.4) is 0 Å². The van der Waals surface area contributed by atoms with Crippen LogP contribution < -0.4 is 11.1 Å². The molecule has 1 fully saturated rings. The van der Waals surface area contributed by atoms with Crippen molar-refractivity contribution in [2.45, 2.75) is 59.0 Å². The third-order valence-electron chi connectivity index (χ3n) is 3.92. The van der Waals surface area contributed by atoms with Gasteiger partial charge in [0.2, 0.25) is 5.91 Å². The lowest BCUT2D eigenvalue weighted by Gasteiger charge is -2.41. The van der Waals surface area contributed by atoms with E-state index in [1.54, 1.807) is 0 Å². The summed E-state index contributed by atoms with van der Waals surface area (Å²) in [5, 5.41) is 3.05. The number of nitrogens with two attached hydrogens (primary N) is 1. The summed E-state index contributed by atoms with van der Waals surface area (Å²) < 4.78 is 0. The van der Waals surface area contributed by atoms with Gasteiger partial charge in [0.15, 0.2) is 0 Å². The van der Waals surface area contributed by atoms with Crippen molar-refractivity contribution in [3.8, 4) is 0 Å². The molecule has 1 aliphatic rings. The van der Waals surface area contributed by atoms with Gasteiger partial charge in [-0.15, -0.1) is 0 Å². The van der Waals surface area contributed by atoms with E-state index in [-0.39, 0.29) is 22.9 Å². The Morgan fingerprint density at radius 3 is 2.28 bits per heavy atom. The minimum absolute atomic E-state index is 0.0495. The quantitative estimate of drug-likeness (QED) is 0.800. The normalized spacial score (nSPS) is 22.6. The Kier molecular flexibility index (Phi) is 4.78. The van der Waals surface area contributed by atoms with E-state index in [0.29, 0.717) is 0 Å². The highest BCUT2D eigenvalue weighted by molar-refractivity contribution is 5.81. The number of rotatable bonds is 3. The van der Waals surface area contributed by atoms with Crippen LogP contribution in [0.2, 0.25) is 0 Å². The van der Waals surface area contributed by atoms with Crippen molar-refractivity contribution in [3.63, 3.8) is 0 Å². The van der Waals surface area contributed by atoms with E-state index < -0.39 is 0 Å². The number of carbonyl (C=O) groups is 1. The summed E-state index contributed by atoms with van der Waals surface area (Å²) >= 11 is 0. The lowest BCUT2D eigenvalue weighted by atomic mass is 9.80. The van der Waals surface area contributed by atoms with E-state index in [2.05, 4.69) is 17.1 Å². The third kappa shape index (κ3) is 4.25. The molecule has 1 saturated heterocycles. The molecule has 106 valence electrons. The number of hydrogen-bond donors (Lipinski definition) is 2. The smallest absolute Gasteiger partial charge is 0.237 e. The molecule has 0 aromatic rings. The van der Waals surface area contributed by atoms with Crippen molar-refractivity contribution in [1.82, 2.24) is 10.2 Å². The first-order valence-corrected chi connectivity index (χ1v) is 6.93. The molecule has 1 heterocycles. The van der Waals surface area contributed by atoms with Crippen LogP contribution in [0.1, 0.15) is 47.5 Å². The van der Waals surface area contributed by atoms with Gasteiger partial charge in [0.1, 0.15) is 0 Å². The van der Waals surface area contributed by atoms with Gasteiger partial charge in [-0.2, -0.15) is 0 Å². The molecule has 18 heavy (non-hydrogen) atoms. The number of amides is 1. The molecule has 0 bridgehead atoms. The molecule has 1 rings (SSSR count). The van der Waals surface area contributed by atoms with Crippen molar-refractivity contribution in [2.24, 2.45) is 11.1 Å². The second-order valence-electron chi connectivity index (χ2n) is 6.97. The second kappa shape index (κ2) is 5.57. The fourth-order valence-electron chi connectivity index (χ4n) is 2.30. The Morgan fingerprint density at radius 1 is 1.39 bits per heavy atom. The van der Waals surface area contributed by atoms with Crippen LogP contribution in [0, 0.1) is 5.41 Å². The van der Waals surface area contributed by atoms with Gasteiger partial charge in [-0.05, 0) is 65.6 Å². The van der Waals surface area contributed by atoms with E-state index in [9.17, 15) is 4.79 Å². The first kappa shape index (κ1) is 15.4. The lowest BCUT2D eigenvalue weighted by Crippen LogP contribution is -2.54. The average molecular weight is 255 g/mol. The standard InChI is InChI=1S/C14H29N3O/c1-11(12(18)16-13(2,3)4)17-8-6-14(5,10-15)7-9-17/h11H,6-10,15H2,1-5H3,(H,16,18). The first-order valence-electron chi connectivity index (χ1n) is 6.93. The highest BCUT2D eigenvalue weighted by Gasteiger charge is 2.33. The Labute approximate surface area is 111 Å². The van der Waals surface area contributed by atoms with Crippen LogP contribution in [-0.2, 0) is 4.79 Å². The Bertz CT molecular complexity index is 288. The average Bonchev–Trinajstić information content (AvgIpc) is 2.27. The van der Waals surface area contributed by atoms with Crippen molar-refractivity contribution >= 4 is 5.91 Å². The predicted molar refractivity (Wildman–Crippen MR) is 75.3 cm³/mol. The van der Waals surface area contributed by atoms with E-state index in [0.717, 1.165) is 32.5 Å². The zero-order valence-corrected chi connectivity index (χ0v) is 12.5. The summed E-state index contributed by atoms with van der Waals surface area (Å²) in [6.45, 7) is 12.9. The predicted octanol–water partition coefficient (Wildman–Crippen LogP) is 1.35. The monoisotopic (exact) mass is 255 g/mol. The van der Waals surface area contributed by atoms with Crippen molar-refractivity contribution in [3.05, 3.63) is 0 Å². The fourth-order valence-corrected chi connectivity index (χ4v) is 2.30. The fraction of sp³-hybridized carbons (Fsp3) is 0.929. The summed E-state index contributed by atoms with van der Waals surface area (Å²) in [7, 11) is 0. The molecular weight excluding hydrogens is 226 g/mol. The lowest BCUT2D eigenvalue weighted by molar-refractivity contribution is -0.128. The number of nitrogens with one attached hydrogen (secondary N) is 1. The summed E-state index contributed by atoms with van der Waals surface area (Å²) in [6.07, 6.45) is 2.16. The van der Waals surface area contributed by atoms with Gasteiger partial charge in [0.25, 0.3) is 0 Å². The van der Waals surface area contributed by atoms with E-state index in [4.69, 9.17) is 5.73 Å². The van der Waals surface area contributed by atoms with Gasteiger partial charge in [0.05, 0.1) is 6.04 Å². The number of hydrogen-bond acceptors (Lipinski definition) is 3. The first-order chi connectivity index (χ1) is 8.17. The third-order valence-corrected chi connectivity index (χ3v) is 3.92. The largest absolute Gasteiger partial charge is 0.350 e. The summed E-state index contributed by atoms with van der Waals surface area (Å²) in [4.78, 5) is 14.4. The number of nitrogens with zero attached hydrogens (tertiary/aromatic N) is 1. The zero-order valence-electron chi connectivity index (χ0n) is 12.5. The molecule has 0 saturated carbocycles. The molecule has 0 spiro atoms. The van der Waals surface area contributed by atoms with Gasteiger partial charge in [0, 0.05) is 5.54 Å². The van der Waals surface area contributed by atoms with Crippen molar-refractivity contribution < 1.29 is 4.79 Å². The Balaban J connectivity index is 2.50. The van der Waals surface area contributed by atoms with Crippen molar-refractivity contribution in [2.75, 3.05) is 19.6 Å². The molecule has 0 aromatic carbocycles. The van der Waals surface area contributed by atoms with Gasteiger partial charge in [-0.1, -0.05) is 6.92 Å². The molecule has 4 nitrogen and oxygen atoms in total. The molecule has 0 aliphatic carbocycles. The van der Waals surface area contributed by atoms with Crippen LogP contribution >= 0.6 is 0 Å². The van der Waals surface area contributed by atoms with Crippen LogP contribution in [0.15, 0.2) is 0 Å². The molecule has 4 heteroatoms. The Hall–Kier alpha value is -0.610. The van der Waals surface area contributed by atoms with Gasteiger partial charge in [-0.3, -0.25) is 9.69 Å². The highest BCUT2D eigenvalue weighted by atomic mass is 16.2. The van der Waals surface area contributed by atoms with E-state index in [1.165, 1.54) is 0 Å².